The number of esters is 2. The fourth-order valence-electron chi connectivity index (χ4n) is 6.78. The fourth-order valence-corrected chi connectivity index (χ4v) is 6.78. The Hall–Kier alpha value is -2.43. The average molecular weight is 822 g/mol. The summed E-state index contributed by atoms with van der Waals surface area (Å²) in [5.41, 5.74) is 0. The highest BCUT2D eigenvalue weighted by Crippen LogP contribution is 2.15. The van der Waals surface area contributed by atoms with Crippen LogP contribution in [0, 0.1) is 5.92 Å². The second-order valence-electron chi connectivity index (χ2n) is 16.3. The summed E-state index contributed by atoms with van der Waals surface area (Å²) in [7, 11) is 1.98. The van der Waals surface area contributed by atoms with Crippen molar-refractivity contribution in [2.24, 2.45) is 5.92 Å². The molecule has 1 saturated heterocycles. The predicted octanol–water partition coefficient (Wildman–Crippen LogP) is 12.2. The van der Waals surface area contributed by atoms with Crippen molar-refractivity contribution in [2.45, 2.75) is 207 Å². The molecule has 0 saturated carbocycles. The van der Waals surface area contributed by atoms with E-state index in [0.29, 0.717) is 32.6 Å². The summed E-state index contributed by atoms with van der Waals surface area (Å²) < 4.78 is 34.3. The monoisotopic (exact) mass is 822 g/mol. The molecule has 1 heterocycles. The molecule has 0 aromatic carbocycles. The van der Waals surface area contributed by atoms with Crippen molar-refractivity contribution in [2.75, 3.05) is 53.2 Å². The third kappa shape index (κ3) is 34.4. The van der Waals surface area contributed by atoms with Crippen molar-refractivity contribution in [1.82, 2.24) is 4.90 Å². The van der Waals surface area contributed by atoms with Gasteiger partial charge in [0.05, 0.1) is 12.3 Å². The van der Waals surface area contributed by atoms with Crippen molar-refractivity contribution in [1.29, 1.82) is 0 Å². The minimum Gasteiger partial charge on any atom is -0.465 e. The third-order valence-electron chi connectivity index (χ3n) is 10.5. The maximum Gasteiger partial charge on any atom is 0.508 e. The summed E-state index contributed by atoms with van der Waals surface area (Å²) in [6, 6.07) is 0. The van der Waals surface area contributed by atoms with Crippen LogP contribution in [0.5, 0.6) is 0 Å². The van der Waals surface area contributed by atoms with Gasteiger partial charge >= 0.3 is 18.1 Å². The Labute approximate surface area is 354 Å². The molecule has 1 rings (SSSR count). The lowest BCUT2D eigenvalue weighted by molar-refractivity contribution is -0.161. The standard InChI is InChI=1S/C48H87NO9/c1-5-8-11-14-17-18-19-20-21-22-23-24-25-26-29-32-45(50)55-40-43(42-57-48(52)58-44-35-36-49(4)39-44)41-56-46(51)33-34-47(53-37-30-27-15-12-9-6-2)54-38-31-28-16-13-10-7-3/h17-18,20-21,43-44,47H,5-16,19,22-42H2,1-4H3/b18-17-,21-20-. The molecule has 2 atom stereocenters. The summed E-state index contributed by atoms with van der Waals surface area (Å²) in [5, 5.41) is 0. The highest BCUT2D eigenvalue weighted by atomic mass is 16.7. The highest BCUT2D eigenvalue weighted by molar-refractivity contribution is 5.69. The molecule has 0 aromatic heterocycles. The van der Waals surface area contributed by atoms with Gasteiger partial charge in [0.25, 0.3) is 0 Å². The SMILES string of the molecule is CCCCC/C=C\C/C=C\CCCCCCCC(=O)OCC(COC(=O)CCC(OCCCCCCCC)OCCCCCCCC)COC(=O)OC1CCN(C)C1. The number of unbranched alkanes of at least 4 members (excludes halogenated alkanes) is 18. The molecule has 58 heavy (non-hydrogen) atoms. The molecular formula is C48H87NO9. The van der Waals surface area contributed by atoms with Crippen molar-refractivity contribution in [3.8, 4) is 0 Å². The molecular weight excluding hydrogens is 735 g/mol. The third-order valence-corrected chi connectivity index (χ3v) is 10.5. The van der Waals surface area contributed by atoms with E-state index in [1.54, 1.807) is 0 Å². The molecule has 1 aliphatic rings. The van der Waals surface area contributed by atoms with Crippen molar-refractivity contribution in [3.63, 3.8) is 0 Å². The van der Waals surface area contributed by atoms with E-state index in [2.05, 4.69) is 50.0 Å². The number of nitrogens with zero attached hydrogens (tertiary/aromatic N) is 1. The number of hydrogen-bond acceptors (Lipinski definition) is 10. The molecule has 0 aromatic rings. The number of likely N-dealkylation sites (tertiary alicyclic amines) is 1. The second kappa shape index (κ2) is 40.0. The van der Waals surface area contributed by atoms with Gasteiger partial charge in [0, 0.05) is 39.1 Å². The first kappa shape index (κ1) is 53.6. The van der Waals surface area contributed by atoms with Crippen LogP contribution in [-0.2, 0) is 38.0 Å². The zero-order chi connectivity index (χ0) is 42.2. The molecule has 0 N–H and O–H groups in total. The van der Waals surface area contributed by atoms with Gasteiger partial charge in [-0.1, -0.05) is 141 Å². The summed E-state index contributed by atoms with van der Waals surface area (Å²) >= 11 is 0. The molecule has 10 heteroatoms. The van der Waals surface area contributed by atoms with Crippen LogP contribution in [0.3, 0.4) is 0 Å². The zero-order valence-electron chi connectivity index (χ0n) is 37.7. The lowest BCUT2D eigenvalue weighted by Crippen LogP contribution is -2.28. The van der Waals surface area contributed by atoms with Gasteiger partial charge in [-0.3, -0.25) is 9.59 Å². The van der Waals surface area contributed by atoms with E-state index in [1.807, 2.05) is 7.05 Å². The summed E-state index contributed by atoms with van der Waals surface area (Å²) in [4.78, 5) is 40.1. The van der Waals surface area contributed by atoms with Gasteiger partial charge in [-0.2, -0.15) is 0 Å². The number of hydrogen-bond donors (Lipinski definition) is 0. The Morgan fingerprint density at radius 3 is 1.64 bits per heavy atom. The first-order chi connectivity index (χ1) is 28.4. The summed E-state index contributed by atoms with van der Waals surface area (Å²) in [6.07, 6.45) is 35.6. The van der Waals surface area contributed by atoms with Gasteiger partial charge in [-0.15, -0.1) is 0 Å². The fraction of sp³-hybridized carbons (Fsp3) is 0.854. The Morgan fingerprint density at radius 1 is 0.586 bits per heavy atom. The number of rotatable bonds is 40. The molecule has 0 radical (unpaired) electrons. The molecule has 0 aliphatic carbocycles. The molecule has 0 spiro atoms. The van der Waals surface area contributed by atoms with Crippen LogP contribution in [0.1, 0.15) is 194 Å². The van der Waals surface area contributed by atoms with Crippen LogP contribution in [0.4, 0.5) is 4.79 Å². The van der Waals surface area contributed by atoms with Crippen LogP contribution >= 0.6 is 0 Å². The molecule has 0 bridgehead atoms. The molecule has 10 nitrogen and oxygen atoms in total. The van der Waals surface area contributed by atoms with Crippen molar-refractivity contribution < 1.29 is 42.8 Å². The molecule has 1 aliphatic heterocycles. The number of likely N-dealkylation sites (N-methyl/N-ethyl adjacent to an activating group) is 1. The number of carbonyl (C=O) groups is 3. The van der Waals surface area contributed by atoms with Crippen LogP contribution in [0.2, 0.25) is 0 Å². The van der Waals surface area contributed by atoms with Crippen molar-refractivity contribution >= 4 is 18.1 Å². The van der Waals surface area contributed by atoms with E-state index in [9.17, 15) is 14.4 Å². The lowest BCUT2D eigenvalue weighted by Gasteiger charge is -2.20. The van der Waals surface area contributed by atoms with Crippen LogP contribution in [0.25, 0.3) is 0 Å². The normalized spacial score (nSPS) is 15.2. The molecule has 2 unspecified atom stereocenters. The Bertz CT molecular complexity index is 1020. The average Bonchev–Trinajstić information content (AvgIpc) is 3.63. The van der Waals surface area contributed by atoms with E-state index in [1.165, 1.54) is 77.0 Å². The molecule has 338 valence electrons. The topological polar surface area (TPSA) is 110 Å². The van der Waals surface area contributed by atoms with Gasteiger partial charge in [0.2, 0.25) is 0 Å². The van der Waals surface area contributed by atoms with Gasteiger partial charge in [-0.05, 0) is 64.8 Å². The predicted molar refractivity (Wildman–Crippen MR) is 235 cm³/mol. The van der Waals surface area contributed by atoms with Crippen LogP contribution in [0.15, 0.2) is 24.3 Å². The smallest absolute Gasteiger partial charge is 0.465 e. The van der Waals surface area contributed by atoms with Crippen LogP contribution in [-0.4, -0.2) is 88.6 Å². The number of ether oxygens (including phenoxy) is 6. The maximum absolute atomic E-state index is 12.9. The zero-order valence-corrected chi connectivity index (χ0v) is 37.7. The van der Waals surface area contributed by atoms with E-state index in [4.69, 9.17) is 28.4 Å². The quantitative estimate of drug-likeness (QED) is 0.0195. The minimum absolute atomic E-state index is 0.0167. The second-order valence-corrected chi connectivity index (χ2v) is 16.3. The van der Waals surface area contributed by atoms with Gasteiger partial charge in [0.15, 0.2) is 6.29 Å². The molecule has 0 amide bonds. The van der Waals surface area contributed by atoms with E-state index >= 15 is 0 Å². The van der Waals surface area contributed by atoms with E-state index in [-0.39, 0.29) is 38.3 Å². The van der Waals surface area contributed by atoms with Gasteiger partial charge in [0.1, 0.15) is 25.9 Å². The first-order valence-corrected chi connectivity index (χ1v) is 23.7. The number of carbonyl (C=O) groups excluding carboxylic acids is 3. The Morgan fingerprint density at radius 2 is 1.07 bits per heavy atom. The first-order valence-electron chi connectivity index (χ1n) is 23.7. The minimum atomic E-state index is -0.763. The maximum atomic E-state index is 12.9. The Balaban J connectivity index is 2.49. The lowest BCUT2D eigenvalue weighted by atomic mass is 10.1. The number of allylic oxidation sites excluding steroid dienone is 4. The summed E-state index contributed by atoms with van der Waals surface area (Å²) in [5.74, 6) is -1.21. The molecule has 1 fully saturated rings. The summed E-state index contributed by atoms with van der Waals surface area (Å²) in [6.45, 7) is 9.25. The Kier molecular flexibility index (Phi) is 37.0. The van der Waals surface area contributed by atoms with Crippen LogP contribution < -0.4 is 0 Å². The highest BCUT2D eigenvalue weighted by Gasteiger charge is 2.25. The van der Waals surface area contributed by atoms with E-state index < -0.39 is 24.3 Å². The largest absolute Gasteiger partial charge is 0.508 e. The van der Waals surface area contributed by atoms with Gasteiger partial charge < -0.3 is 33.3 Å². The van der Waals surface area contributed by atoms with E-state index in [0.717, 1.165) is 83.6 Å². The van der Waals surface area contributed by atoms with Gasteiger partial charge in [-0.25, -0.2) is 4.79 Å². The van der Waals surface area contributed by atoms with Crippen molar-refractivity contribution in [3.05, 3.63) is 24.3 Å².